The maximum atomic E-state index is 12.5. The first-order valence-electron chi connectivity index (χ1n) is 10.9. The van der Waals surface area contributed by atoms with Crippen LogP contribution in [0.4, 0.5) is 0 Å². The molecule has 5 heteroatoms. The minimum atomic E-state index is -0.673. The number of likely N-dealkylation sites (N-methyl/N-ethyl adjacent to an activating group) is 1. The van der Waals surface area contributed by atoms with Crippen LogP contribution in [0.1, 0.15) is 71.6 Å². The van der Waals surface area contributed by atoms with E-state index in [1.165, 1.54) is 0 Å². The van der Waals surface area contributed by atoms with Crippen LogP contribution in [0.15, 0.2) is 5.16 Å². The lowest BCUT2D eigenvalue weighted by molar-refractivity contribution is -0.188. The van der Waals surface area contributed by atoms with Crippen molar-refractivity contribution in [1.29, 1.82) is 0 Å². The zero-order valence-corrected chi connectivity index (χ0v) is 17.2. The largest absolute Gasteiger partial charge is 0.394 e. The van der Waals surface area contributed by atoms with Crippen LogP contribution in [0, 0.1) is 28.6 Å². The predicted molar refractivity (Wildman–Crippen MR) is 106 cm³/mol. The molecule has 0 aliphatic heterocycles. The predicted octanol–water partition coefficient (Wildman–Crippen LogP) is 3.31. The van der Waals surface area contributed by atoms with Crippen molar-refractivity contribution in [3.8, 4) is 0 Å². The minimum Gasteiger partial charge on any atom is -0.394 e. The molecule has 0 saturated heterocycles. The molecule has 0 aromatic rings. The van der Waals surface area contributed by atoms with E-state index in [1.807, 2.05) is 7.05 Å². The molecule has 0 aromatic heterocycles. The minimum absolute atomic E-state index is 0.0626. The Balaban J connectivity index is 1.52. The van der Waals surface area contributed by atoms with Gasteiger partial charge in [0, 0.05) is 30.2 Å². The highest BCUT2D eigenvalue weighted by Crippen LogP contribution is 2.66. The number of Topliss-reactive ketones (excluding diaryl/α,β-unsaturated/α-hetero) is 1. The van der Waals surface area contributed by atoms with Gasteiger partial charge in [0.25, 0.3) is 0 Å². The number of hydrogen-bond acceptors (Lipinski definition) is 5. The Morgan fingerprint density at radius 1 is 1.15 bits per heavy atom. The summed E-state index contributed by atoms with van der Waals surface area (Å²) in [6, 6.07) is 0. The average Bonchev–Trinajstić information content (AvgIpc) is 2.95. The van der Waals surface area contributed by atoms with Crippen molar-refractivity contribution in [3.63, 3.8) is 0 Å². The molecular weight excluding hydrogens is 340 g/mol. The lowest BCUT2D eigenvalue weighted by Crippen LogP contribution is -2.62. The van der Waals surface area contributed by atoms with Gasteiger partial charge in [-0.25, -0.2) is 0 Å². The van der Waals surface area contributed by atoms with Gasteiger partial charge in [-0.1, -0.05) is 19.0 Å². The smallest absolute Gasteiger partial charge is 0.139 e. The van der Waals surface area contributed by atoms with Crippen LogP contribution in [0.5, 0.6) is 0 Å². The summed E-state index contributed by atoms with van der Waals surface area (Å²) in [5, 5.41) is 19.1. The summed E-state index contributed by atoms with van der Waals surface area (Å²) in [5.74, 6) is 2.16. The Labute approximate surface area is 163 Å². The first-order chi connectivity index (χ1) is 12.8. The molecule has 0 heterocycles. The van der Waals surface area contributed by atoms with Crippen molar-refractivity contribution < 1.29 is 14.7 Å². The van der Waals surface area contributed by atoms with Gasteiger partial charge >= 0.3 is 0 Å². The van der Waals surface area contributed by atoms with Crippen molar-refractivity contribution in [2.45, 2.75) is 77.2 Å². The molecule has 5 nitrogen and oxygen atoms in total. The molecule has 4 aliphatic carbocycles. The molecule has 0 aromatic carbocycles. The number of ketones is 1. The molecule has 2 N–H and O–H groups in total. The summed E-state index contributed by atoms with van der Waals surface area (Å²) >= 11 is 0. The highest BCUT2D eigenvalue weighted by atomic mass is 16.6. The number of carbonyl (C=O) groups excluding carboxylic acids is 1. The highest BCUT2D eigenvalue weighted by molar-refractivity contribution is 5.87. The van der Waals surface area contributed by atoms with Crippen LogP contribution in [0.25, 0.3) is 0 Å². The van der Waals surface area contributed by atoms with Crippen LogP contribution < -0.4 is 5.32 Å². The van der Waals surface area contributed by atoms with Gasteiger partial charge in [0.15, 0.2) is 0 Å². The maximum absolute atomic E-state index is 12.5. The molecule has 0 amide bonds. The van der Waals surface area contributed by atoms with Gasteiger partial charge in [0.05, 0.1) is 11.3 Å². The van der Waals surface area contributed by atoms with E-state index >= 15 is 0 Å². The van der Waals surface area contributed by atoms with Gasteiger partial charge in [-0.15, -0.1) is 0 Å². The summed E-state index contributed by atoms with van der Waals surface area (Å²) in [7, 11) is 1.90. The number of nitrogens with zero attached hydrogens (tertiary/aromatic N) is 1. The molecule has 152 valence electrons. The number of oxime groups is 1. The Bertz CT molecular complexity index is 635. The van der Waals surface area contributed by atoms with E-state index in [4.69, 9.17) is 4.84 Å². The number of nitrogens with one attached hydrogen (secondary N) is 1. The monoisotopic (exact) mass is 376 g/mol. The Kier molecular flexibility index (Phi) is 4.91. The van der Waals surface area contributed by atoms with Crippen LogP contribution in [0.3, 0.4) is 0 Å². The SMILES string of the molecule is CNCCON=C1CC[C@]2(C)[C@@H]3CC[C@]4(C)C(=O)CC[C@H]4[C@@H]3CCC2(O)C1. The van der Waals surface area contributed by atoms with Crippen molar-refractivity contribution in [2.24, 2.45) is 33.7 Å². The fourth-order valence-electron chi connectivity index (χ4n) is 7.19. The van der Waals surface area contributed by atoms with Gasteiger partial charge in [0.1, 0.15) is 12.4 Å². The summed E-state index contributed by atoms with van der Waals surface area (Å²) in [6.45, 7) is 5.89. The zero-order chi connectivity index (χ0) is 19.3. The molecule has 0 spiro atoms. The van der Waals surface area contributed by atoms with E-state index in [0.717, 1.165) is 63.6 Å². The summed E-state index contributed by atoms with van der Waals surface area (Å²) in [5.41, 5.74) is 0.192. The Hall–Kier alpha value is -0.940. The average molecular weight is 377 g/mol. The third-order valence-corrected chi connectivity index (χ3v) is 8.99. The first-order valence-corrected chi connectivity index (χ1v) is 10.9. The zero-order valence-electron chi connectivity index (χ0n) is 17.2. The van der Waals surface area contributed by atoms with Gasteiger partial charge in [0.2, 0.25) is 0 Å². The molecule has 0 bridgehead atoms. The lowest BCUT2D eigenvalue weighted by atomic mass is 9.43. The van der Waals surface area contributed by atoms with Crippen LogP contribution in [-0.4, -0.2) is 42.4 Å². The van der Waals surface area contributed by atoms with E-state index in [1.54, 1.807) is 0 Å². The van der Waals surface area contributed by atoms with Crippen LogP contribution >= 0.6 is 0 Å². The summed E-state index contributed by atoms with van der Waals surface area (Å²) < 4.78 is 0. The molecule has 4 saturated carbocycles. The molecular formula is C22H36N2O3. The molecule has 27 heavy (non-hydrogen) atoms. The number of aliphatic hydroxyl groups is 1. The number of carbonyl (C=O) groups is 1. The first kappa shape index (κ1) is 19.4. The van der Waals surface area contributed by atoms with Crippen LogP contribution in [-0.2, 0) is 9.63 Å². The second-order valence-electron chi connectivity index (χ2n) is 10.1. The van der Waals surface area contributed by atoms with Gasteiger partial charge in [-0.05, 0) is 69.7 Å². The van der Waals surface area contributed by atoms with Crippen molar-refractivity contribution in [2.75, 3.05) is 20.2 Å². The Morgan fingerprint density at radius 3 is 2.74 bits per heavy atom. The van der Waals surface area contributed by atoms with Crippen molar-refractivity contribution in [1.82, 2.24) is 5.32 Å². The summed E-state index contributed by atoms with van der Waals surface area (Å²) in [4.78, 5) is 18.0. The quantitative estimate of drug-likeness (QED) is 0.583. The van der Waals surface area contributed by atoms with E-state index in [-0.39, 0.29) is 10.8 Å². The van der Waals surface area contributed by atoms with Gasteiger partial charge in [-0.3, -0.25) is 4.79 Å². The topological polar surface area (TPSA) is 70.9 Å². The summed E-state index contributed by atoms with van der Waals surface area (Å²) in [6.07, 6.45) is 8.37. The van der Waals surface area contributed by atoms with Crippen LogP contribution in [0.2, 0.25) is 0 Å². The van der Waals surface area contributed by atoms with Crippen molar-refractivity contribution >= 4 is 11.5 Å². The molecule has 4 fully saturated rings. The fraction of sp³-hybridized carbons (Fsp3) is 0.909. The fourth-order valence-corrected chi connectivity index (χ4v) is 7.19. The normalized spacial score (nSPS) is 48.1. The molecule has 0 radical (unpaired) electrons. The second kappa shape index (κ2) is 6.84. The molecule has 4 aliphatic rings. The lowest BCUT2D eigenvalue weighted by Gasteiger charge is -2.62. The number of rotatable bonds is 4. The third-order valence-electron chi connectivity index (χ3n) is 8.99. The highest BCUT2D eigenvalue weighted by Gasteiger charge is 2.64. The van der Waals surface area contributed by atoms with E-state index in [9.17, 15) is 9.90 Å². The van der Waals surface area contributed by atoms with E-state index < -0.39 is 5.60 Å². The van der Waals surface area contributed by atoms with Crippen molar-refractivity contribution in [3.05, 3.63) is 0 Å². The third kappa shape index (κ3) is 2.88. The molecule has 4 rings (SSSR count). The van der Waals surface area contributed by atoms with Gasteiger partial charge in [-0.2, -0.15) is 0 Å². The maximum Gasteiger partial charge on any atom is 0.139 e. The number of hydrogen-bond donors (Lipinski definition) is 2. The standard InChI is InChI=1S/C22H36N2O3/c1-20-9-8-18-16(17(20)4-5-19(20)25)7-11-22(26)14-15(6-10-21(18,22)2)24-27-13-12-23-3/h16-18,23,26H,4-14H2,1-3H3/t16-,17-,18+,20-,21+,22?/m0/s1. The second-order valence-corrected chi connectivity index (χ2v) is 10.1. The molecule has 6 atom stereocenters. The van der Waals surface area contributed by atoms with Gasteiger partial charge < -0.3 is 15.3 Å². The van der Waals surface area contributed by atoms with E-state index in [2.05, 4.69) is 24.3 Å². The molecule has 1 unspecified atom stereocenters. The van der Waals surface area contributed by atoms with E-state index in [0.29, 0.717) is 36.6 Å². The Morgan fingerprint density at radius 2 is 1.96 bits per heavy atom. The number of fused-ring (bicyclic) bond motifs is 5.